The van der Waals surface area contributed by atoms with Crippen molar-refractivity contribution in [3.63, 3.8) is 0 Å². The van der Waals surface area contributed by atoms with Crippen LogP contribution < -0.4 is 10.2 Å². The van der Waals surface area contributed by atoms with Crippen molar-refractivity contribution in [1.29, 1.82) is 0 Å². The second-order valence-corrected chi connectivity index (χ2v) is 6.68. The Balaban J connectivity index is 1.47. The fraction of sp³-hybridized carbons (Fsp3) is 0.182. The summed E-state index contributed by atoms with van der Waals surface area (Å²) in [5.41, 5.74) is 3.61. The Bertz CT molecular complexity index is 1030. The molecular weight excluding hydrogens is 368 g/mol. The van der Waals surface area contributed by atoms with Gasteiger partial charge in [0.05, 0.1) is 12.7 Å². The molecule has 1 amide bonds. The Kier molecular flexibility index (Phi) is 5.20. The van der Waals surface area contributed by atoms with E-state index in [4.69, 9.17) is 0 Å². The van der Waals surface area contributed by atoms with E-state index in [0.29, 0.717) is 11.3 Å². The molecule has 0 spiro atoms. The molecule has 3 aromatic rings. The molecule has 0 bridgehead atoms. The molecule has 7 heteroatoms. The van der Waals surface area contributed by atoms with E-state index in [9.17, 15) is 9.59 Å². The predicted molar refractivity (Wildman–Crippen MR) is 110 cm³/mol. The molecule has 1 aliphatic heterocycles. The molecule has 2 aromatic carbocycles. The van der Waals surface area contributed by atoms with Gasteiger partial charge < -0.3 is 15.0 Å². The van der Waals surface area contributed by atoms with Gasteiger partial charge in [0.2, 0.25) is 0 Å². The molecule has 0 saturated carbocycles. The van der Waals surface area contributed by atoms with Crippen LogP contribution in [0.2, 0.25) is 0 Å². The molecule has 0 unspecified atom stereocenters. The van der Waals surface area contributed by atoms with Crippen molar-refractivity contribution < 1.29 is 14.3 Å². The zero-order valence-corrected chi connectivity index (χ0v) is 16.0. The number of fused-ring (bicyclic) bond motifs is 1. The number of para-hydroxylation sites is 1. The third kappa shape index (κ3) is 3.94. The maximum Gasteiger partial charge on any atom is 0.337 e. The number of aromatic nitrogens is 2. The van der Waals surface area contributed by atoms with E-state index >= 15 is 0 Å². The van der Waals surface area contributed by atoms with Crippen molar-refractivity contribution in [3.05, 3.63) is 77.5 Å². The van der Waals surface area contributed by atoms with Gasteiger partial charge in [0.1, 0.15) is 0 Å². The van der Waals surface area contributed by atoms with Crippen LogP contribution in [0.1, 0.15) is 32.8 Å². The average Bonchev–Trinajstić information content (AvgIpc) is 2.78. The van der Waals surface area contributed by atoms with Crippen molar-refractivity contribution >= 4 is 29.1 Å². The molecule has 1 aromatic heterocycles. The summed E-state index contributed by atoms with van der Waals surface area (Å²) in [5, 5.41) is 11.1. The minimum atomic E-state index is -0.427. The third-order valence-electron chi connectivity index (χ3n) is 4.83. The van der Waals surface area contributed by atoms with E-state index in [-0.39, 0.29) is 11.6 Å². The molecule has 146 valence electrons. The van der Waals surface area contributed by atoms with Crippen LogP contribution in [0.4, 0.5) is 17.2 Å². The lowest BCUT2D eigenvalue weighted by Crippen LogP contribution is -2.26. The van der Waals surface area contributed by atoms with Gasteiger partial charge in [0.25, 0.3) is 5.91 Å². The molecule has 0 atom stereocenters. The van der Waals surface area contributed by atoms with Crippen LogP contribution in [0.25, 0.3) is 0 Å². The standard InChI is InChI=1S/C22H20N4O3/c1-29-22(28)16-8-10-17(11-9-16)23-21(27)18-12-13-20(25-24-18)26-14-4-6-15-5-2-3-7-19(15)26/h2-3,5,7-13H,4,6,14H2,1H3,(H,23,27). The number of nitrogens with zero attached hydrogens (tertiary/aromatic N) is 3. The Morgan fingerprint density at radius 3 is 2.52 bits per heavy atom. The molecular formula is C22H20N4O3. The first-order valence-corrected chi connectivity index (χ1v) is 9.34. The monoisotopic (exact) mass is 388 g/mol. The van der Waals surface area contributed by atoms with Gasteiger partial charge >= 0.3 is 5.97 Å². The number of esters is 1. The number of amides is 1. The molecule has 29 heavy (non-hydrogen) atoms. The molecule has 0 radical (unpaired) electrons. The van der Waals surface area contributed by atoms with Crippen LogP contribution in [-0.4, -0.2) is 35.7 Å². The summed E-state index contributed by atoms with van der Waals surface area (Å²) in [5.74, 6) is -0.0753. The molecule has 1 N–H and O–H groups in total. The molecule has 4 rings (SSSR count). The summed E-state index contributed by atoms with van der Waals surface area (Å²) in [6.45, 7) is 0.865. The van der Waals surface area contributed by atoms with Gasteiger partial charge in [-0.05, 0) is 60.9 Å². The highest BCUT2D eigenvalue weighted by Gasteiger charge is 2.19. The Hall–Kier alpha value is -3.74. The number of methoxy groups -OCH3 is 1. The number of carbonyl (C=O) groups excluding carboxylic acids is 2. The molecule has 7 nitrogen and oxygen atoms in total. The predicted octanol–water partition coefficient (Wildman–Crippen LogP) is 3.60. The summed E-state index contributed by atoms with van der Waals surface area (Å²) in [7, 11) is 1.32. The van der Waals surface area contributed by atoms with E-state index in [0.717, 1.165) is 30.9 Å². The molecule has 0 aliphatic carbocycles. The lowest BCUT2D eigenvalue weighted by Gasteiger charge is -2.29. The Labute approximate surface area is 168 Å². The van der Waals surface area contributed by atoms with Gasteiger partial charge in [-0.3, -0.25) is 4.79 Å². The van der Waals surface area contributed by atoms with Gasteiger partial charge in [0.15, 0.2) is 11.5 Å². The fourth-order valence-corrected chi connectivity index (χ4v) is 3.36. The number of hydrogen-bond donors (Lipinski definition) is 1. The lowest BCUT2D eigenvalue weighted by molar-refractivity contribution is 0.0600. The average molecular weight is 388 g/mol. The van der Waals surface area contributed by atoms with Crippen molar-refractivity contribution in [2.24, 2.45) is 0 Å². The summed E-state index contributed by atoms with van der Waals surface area (Å²) in [6.07, 6.45) is 2.10. The van der Waals surface area contributed by atoms with Crippen molar-refractivity contribution in [3.8, 4) is 0 Å². The topological polar surface area (TPSA) is 84.4 Å². The summed E-state index contributed by atoms with van der Waals surface area (Å²) < 4.78 is 4.66. The first-order valence-electron chi connectivity index (χ1n) is 9.34. The number of hydrogen-bond acceptors (Lipinski definition) is 6. The highest BCUT2D eigenvalue weighted by atomic mass is 16.5. The summed E-state index contributed by atoms with van der Waals surface area (Å²) in [6, 6.07) is 18.2. The van der Waals surface area contributed by atoms with Gasteiger partial charge in [-0.15, -0.1) is 10.2 Å². The van der Waals surface area contributed by atoms with Gasteiger partial charge in [-0.25, -0.2) is 4.79 Å². The van der Waals surface area contributed by atoms with Gasteiger partial charge in [-0.1, -0.05) is 18.2 Å². The van der Waals surface area contributed by atoms with E-state index in [2.05, 4.69) is 37.3 Å². The first-order chi connectivity index (χ1) is 14.2. The fourth-order valence-electron chi connectivity index (χ4n) is 3.36. The van der Waals surface area contributed by atoms with Crippen molar-refractivity contribution in [1.82, 2.24) is 10.2 Å². The van der Waals surface area contributed by atoms with Crippen LogP contribution >= 0.6 is 0 Å². The number of benzene rings is 2. The largest absolute Gasteiger partial charge is 0.465 e. The van der Waals surface area contributed by atoms with Crippen LogP contribution in [0.5, 0.6) is 0 Å². The van der Waals surface area contributed by atoms with E-state index in [1.165, 1.54) is 12.7 Å². The highest BCUT2D eigenvalue weighted by Crippen LogP contribution is 2.31. The molecule has 1 aliphatic rings. The number of anilines is 3. The molecule has 2 heterocycles. The molecule has 0 fully saturated rings. The van der Waals surface area contributed by atoms with Crippen LogP contribution in [0, 0.1) is 0 Å². The second kappa shape index (κ2) is 8.10. The Morgan fingerprint density at radius 2 is 1.79 bits per heavy atom. The smallest absolute Gasteiger partial charge is 0.337 e. The van der Waals surface area contributed by atoms with E-state index < -0.39 is 5.97 Å². The van der Waals surface area contributed by atoms with Crippen LogP contribution in [-0.2, 0) is 11.2 Å². The normalized spacial score (nSPS) is 12.8. The number of carbonyl (C=O) groups is 2. The zero-order chi connectivity index (χ0) is 20.2. The van der Waals surface area contributed by atoms with E-state index in [1.807, 2.05) is 18.2 Å². The number of ether oxygens (including phenoxy) is 1. The Morgan fingerprint density at radius 1 is 1.00 bits per heavy atom. The number of nitrogens with one attached hydrogen (secondary N) is 1. The maximum atomic E-state index is 12.5. The first kappa shape index (κ1) is 18.6. The maximum absolute atomic E-state index is 12.5. The van der Waals surface area contributed by atoms with E-state index in [1.54, 1.807) is 30.3 Å². The summed E-state index contributed by atoms with van der Waals surface area (Å²) >= 11 is 0. The van der Waals surface area contributed by atoms with Crippen molar-refractivity contribution in [2.75, 3.05) is 23.9 Å². The minimum Gasteiger partial charge on any atom is -0.465 e. The van der Waals surface area contributed by atoms with Crippen LogP contribution in [0.3, 0.4) is 0 Å². The third-order valence-corrected chi connectivity index (χ3v) is 4.83. The lowest BCUT2D eigenvalue weighted by atomic mass is 10.0. The highest BCUT2D eigenvalue weighted by molar-refractivity contribution is 6.03. The number of rotatable bonds is 4. The van der Waals surface area contributed by atoms with Crippen molar-refractivity contribution in [2.45, 2.75) is 12.8 Å². The second-order valence-electron chi connectivity index (χ2n) is 6.68. The minimum absolute atomic E-state index is 0.219. The van der Waals surface area contributed by atoms with Gasteiger partial charge in [0, 0.05) is 17.9 Å². The van der Waals surface area contributed by atoms with Crippen LogP contribution in [0.15, 0.2) is 60.7 Å². The molecule has 0 saturated heterocycles. The quantitative estimate of drug-likeness (QED) is 0.688. The van der Waals surface area contributed by atoms with Gasteiger partial charge in [-0.2, -0.15) is 0 Å². The zero-order valence-electron chi connectivity index (χ0n) is 16.0. The number of aryl methyl sites for hydroxylation is 1. The SMILES string of the molecule is COC(=O)c1ccc(NC(=O)c2ccc(N3CCCc4ccccc43)nn2)cc1. The summed E-state index contributed by atoms with van der Waals surface area (Å²) in [4.78, 5) is 26.1.